The van der Waals surface area contributed by atoms with E-state index in [0.29, 0.717) is 63.5 Å². The van der Waals surface area contributed by atoms with Gasteiger partial charge in [-0.25, -0.2) is 4.79 Å². The molecule has 1 saturated carbocycles. The Bertz CT molecular complexity index is 1680. The van der Waals surface area contributed by atoms with Crippen molar-refractivity contribution in [2.24, 2.45) is 29.6 Å². The molecule has 5 rings (SSSR count). The molecule has 12 heteroatoms. The Morgan fingerprint density at radius 2 is 1.63 bits per heavy atom. The number of methoxy groups -OCH3 is 2. The normalized spacial score (nSPS) is 37.3. The van der Waals surface area contributed by atoms with Gasteiger partial charge in [0.15, 0.2) is 0 Å². The van der Waals surface area contributed by atoms with Crippen molar-refractivity contribution >= 4 is 23.4 Å². The number of ketones is 2. The number of allylic oxidation sites excluding steroid dienone is 3. The summed E-state index contributed by atoms with van der Waals surface area (Å²) in [6.07, 6.45) is 6.64. The minimum atomic E-state index is -2.47. The van der Waals surface area contributed by atoms with Gasteiger partial charge in [0, 0.05) is 39.0 Å². The van der Waals surface area contributed by atoms with Crippen molar-refractivity contribution in [1.82, 2.24) is 4.90 Å². The van der Waals surface area contributed by atoms with E-state index in [9.17, 15) is 29.4 Å². The maximum Gasteiger partial charge on any atom is 0.329 e. The third-order valence-electron chi connectivity index (χ3n) is 13.5. The van der Waals surface area contributed by atoms with Crippen molar-refractivity contribution in [2.45, 2.75) is 167 Å². The van der Waals surface area contributed by atoms with E-state index < -0.39 is 72.0 Å². The first kappa shape index (κ1) is 47.6. The van der Waals surface area contributed by atoms with Gasteiger partial charge in [0.25, 0.3) is 11.7 Å². The summed E-state index contributed by atoms with van der Waals surface area (Å²) in [5.41, 5.74) is 1.89. The average Bonchev–Trinajstić information content (AvgIpc) is 3.24. The van der Waals surface area contributed by atoms with E-state index >= 15 is 0 Å². The molecule has 1 aromatic carbocycles. The van der Waals surface area contributed by atoms with E-state index in [1.807, 2.05) is 58.0 Å². The topological polar surface area (TPSA) is 158 Å². The molecule has 3 heterocycles. The predicted molar refractivity (Wildman–Crippen MR) is 227 cm³/mol. The van der Waals surface area contributed by atoms with Crippen LogP contribution < -0.4 is 4.74 Å². The lowest BCUT2D eigenvalue weighted by molar-refractivity contribution is -0.302. The number of hydrogen-bond acceptors (Lipinski definition) is 11. The first-order chi connectivity index (χ1) is 28.6. The van der Waals surface area contributed by atoms with Crippen molar-refractivity contribution in [3.63, 3.8) is 0 Å². The fraction of sp³-hybridized carbons (Fsp3) is 0.708. The third-order valence-corrected chi connectivity index (χ3v) is 13.5. The van der Waals surface area contributed by atoms with E-state index in [1.54, 1.807) is 21.1 Å². The van der Waals surface area contributed by atoms with Crippen LogP contribution in [0.15, 0.2) is 53.6 Å². The van der Waals surface area contributed by atoms with Crippen LogP contribution in [0.3, 0.4) is 0 Å². The van der Waals surface area contributed by atoms with Crippen LogP contribution in [0.25, 0.3) is 0 Å². The highest BCUT2D eigenvalue weighted by Crippen LogP contribution is 2.39. The van der Waals surface area contributed by atoms with Gasteiger partial charge in [0.2, 0.25) is 5.79 Å². The van der Waals surface area contributed by atoms with Gasteiger partial charge in [-0.3, -0.25) is 14.4 Å². The number of aliphatic hydroxyl groups is 2. The highest BCUT2D eigenvalue weighted by Gasteiger charge is 2.56. The zero-order valence-electron chi connectivity index (χ0n) is 37.2. The molecule has 12 nitrogen and oxygen atoms in total. The first-order valence-corrected chi connectivity index (χ1v) is 22.4. The van der Waals surface area contributed by atoms with Gasteiger partial charge in [0.1, 0.15) is 35.9 Å². The summed E-state index contributed by atoms with van der Waals surface area (Å²) in [6, 6.07) is 8.37. The van der Waals surface area contributed by atoms with E-state index in [-0.39, 0.29) is 48.8 Å². The Morgan fingerprint density at radius 3 is 2.32 bits per heavy atom. The second kappa shape index (κ2) is 21.6. The molecular weight excluding hydrogens is 767 g/mol. The number of esters is 1. The van der Waals surface area contributed by atoms with E-state index in [1.165, 1.54) is 4.90 Å². The highest BCUT2D eigenvalue weighted by atomic mass is 16.7. The Morgan fingerprint density at radius 1 is 0.933 bits per heavy atom. The molecule has 2 bridgehead atoms. The Labute approximate surface area is 357 Å². The number of cyclic esters (lactones) is 1. The number of Topliss-reactive ketones (excluding diaryl/α,β-unsaturated/α-hetero) is 2. The molecule has 1 aliphatic carbocycles. The molecule has 4 aliphatic rings. The average molecular weight is 838 g/mol. The number of nitrogens with zero attached hydrogens (tertiary/aromatic N) is 1. The second-order valence-corrected chi connectivity index (χ2v) is 18.2. The molecular formula is C48H71NO11. The monoisotopic (exact) mass is 838 g/mol. The highest BCUT2D eigenvalue weighted by molar-refractivity contribution is 6.39. The molecule has 3 fully saturated rings. The van der Waals surface area contributed by atoms with Gasteiger partial charge in [-0.1, -0.05) is 63.6 Å². The number of carbonyl (C=O) groups excluding carboxylic acids is 4. The van der Waals surface area contributed by atoms with Gasteiger partial charge in [-0.2, -0.15) is 0 Å². The summed E-state index contributed by atoms with van der Waals surface area (Å²) in [4.78, 5) is 58.1. The van der Waals surface area contributed by atoms with Gasteiger partial charge < -0.3 is 38.8 Å². The number of amides is 1. The maximum absolute atomic E-state index is 14.4. The van der Waals surface area contributed by atoms with Crippen molar-refractivity contribution in [1.29, 1.82) is 0 Å². The van der Waals surface area contributed by atoms with E-state index in [0.717, 1.165) is 17.6 Å². The van der Waals surface area contributed by atoms with Crippen LogP contribution in [-0.4, -0.2) is 108 Å². The summed E-state index contributed by atoms with van der Waals surface area (Å²) >= 11 is 0. The molecule has 3 aliphatic heterocycles. The van der Waals surface area contributed by atoms with E-state index in [4.69, 9.17) is 23.7 Å². The lowest BCUT2D eigenvalue weighted by atomic mass is 9.82. The minimum absolute atomic E-state index is 0.0302. The largest absolute Gasteiger partial charge is 0.488 e. The number of carbonyl (C=O) groups is 4. The van der Waals surface area contributed by atoms with Crippen molar-refractivity contribution < 1.29 is 53.1 Å². The lowest BCUT2D eigenvalue weighted by Gasteiger charge is -2.47. The molecule has 2 N–H and O–H groups in total. The van der Waals surface area contributed by atoms with Crippen LogP contribution >= 0.6 is 0 Å². The number of rotatable bonds is 7. The Balaban J connectivity index is 1.48. The number of ether oxygens (including phenoxy) is 5. The van der Waals surface area contributed by atoms with Crippen molar-refractivity contribution in [3.05, 3.63) is 53.6 Å². The third kappa shape index (κ3) is 11.5. The van der Waals surface area contributed by atoms with Gasteiger partial charge in [0.05, 0.1) is 18.3 Å². The van der Waals surface area contributed by atoms with Crippen LogP contribution in [0, 0.1) is 29.6 Å². The molecule has 13 atom stereocenters. The smallest absolute Gasteiger partial charge is 0.329 e. The number of benzene rings is 1. The fourth-order valence-corrected chi connectivity index (χ4v) is 9.94. The number of fused-ring (bicyclic) bond motifs is 3. The zero-order chi connectivity index (χ0) is 43.7. The Kier molecular flexibility index (Phi) is 17.1. The molecule has 1 amide bonds. The number of para-hydroxylation sites is 1. The van der Waals surface area contributed by atoms with Crippen LogP contribution in [0.4, 0.5) is 0 Å². The predicted octanol–water partition coefficient (Wildman–Crippen LogP) is 6.93. The SMILES string of the molecule is CCC1C=C(C)CC(C)CC(OC)C2OC(O)(C(=O)C(=O)N3CCCCC3C(=O)OC(C(C)=CC3CCC(O)C(Oc4ccccc4)C3)C(C)CCC1=O)C(C)CC2OC. The van der Waals surface area contributed by atoms with E-state index in [2.05, 4.69) is 19.1 Å². The summed E-state index contributed by atoms with van der Waals surface area (Å²) in [7, 11) is 3.10. The van der Waals surface area contributed by atoms with Crippen LogP contribution in [0.5, 0.6) is 5.75 Å². The summed E-state index contributed by atoms with van der Waals surface area (Å²) in [6.45, 7) is 11.8. The maximum atomic E-state index is 14.4. The molecule has 0 aromatic heterocycles. The quantitative estimate of drug-likeness (QED) is 0.167. The fourth-order valence-electron chi connectivity index (χ4n) is 9.94. The first-order valence-electron chi connectivity index (χ1n) is 22.4. The van der Waals surface area contributed by atoms with Crippen LogP contribution in [0.1, 0.15) is 119 Å². The molecule has 0 radical (unpaired) electrons. The molecule has 0 spiro atoms. The zero-order valence-corrected chi connectivity index (χ0v) is 37.2. The van der Waals surface area contributed by atoms with Crippen LogP contribution in [-0.2, 0) is 38.1 Å². The second-order valence-electron chi connectivity index (χ2n) is 18.2. The number of aliphatic hydroxyl groups excluding tert-OH is 1. The molecule has 2 saturated heterocycles. The molecule has 60 heavy (non-hydrogen) atoms. The van der Waals surface area contributed by atoms with Crippen molar-refractivity contribution in [2.75, 3.05) is 20.8 Å². The summed E-state index contributed by atoms with van der Waals surface area (Å²) in [5.74, 6) is -5.64. The van der Waals surface area contributed by atoms with Gasteiger partial charge in [-0.05, 0) is 120 Å². The standard InChI is InChI=1S/C48H71NO11/c1-9-35-24-29(2)23-30(3)25-41(56-7)44-42(57-8)27-33(6)48(55,60-44)45(52)46(53)49-22-14-13-17-37(49)47(54)59-43(31(4)18-20-38(35)50)32(5)26-34-19-21-39(51)40(28-34)58-36-15-11-10-12-16-36/h10-12,15-16,24,26,30-31,33-35,37,39-44,51,55H,9,13-14,17-23,25,27-28H2,1-8H3. The molecule has 1 aromatic rings. The van der Waals surface area contributed by atoms with Crippen LogP contribution in [0.2, 0.25) is 0 Å². The summed E-state index contributed by atoms with van der Waals surface area (Å²) in [5, 5.41) is 22.9. The number of piperidine rings is 1. The summed E-state index contributed by atoms with van der Waals surface area (Å²) < 4.78 is 30.7. The molecule has 334 valence electrons. The number of hydrogen-bond donors (Lipinski definition) is 2. The van der Waals surface area contributed by atoms with Gasteiger partial charge in [-0.15, -0.1) is 0 Å². The molecule has 13 unspecified atom stereocenters. The van der Waals surface area contributed by atoms with Gasteiger partial charge >= 0.3 is 5.97 Å². The lowest BCUT2D eigenvalue weighted by Crippen LogP contribution is -2.64. The Hall–Kier alpha value is -3.42. The minimum Gasteiger partial charge on any atom is -0.488 e. The van der Waals surface area contributed by atoms with Crippen molar-refractivity contribution in [3.8, 4) is 5.75 Å².